The Balaban J connectivity index is 2.24. The topological polar surface area (TPSA) is 38.7 Å². The van der Waals surface area contributed by atoms with Crippen molar-refractivity contribution >= 4 is 0 Å². The Morgan fingerprint density at radius 2 is 1.52 bits per heavy atom. The first-order valence-electron chi connectivity index (χ1n) is 9.31. The minimum atomic E-state index is -0.0368. The van der Waals surface area contributed by atoms with Crippen LogP contribution >= 0.6 is 0 Å². The quantitative estimate of drug-likeness (QED) is 0.694. The molecule has 2 heterocycles. The predicted molar refractivity (Wildman–Crippen MR) is 105 cm³/mol. The average Bonchev–Trinajstić information content (AvgIpc) is 2.54. The molecule has 0 aromatic carbocycles. The molecule has 0 radical (unpaired) electrons. The number of hydrogen-bond donors (Lipinski definition) is 0. The van der Waals surface area contributed by atoms with Crippen LogP contribution < -0.4 is 0 Å². The molecule has 3 heteroatoms. The predicted octanol–water partition coefficient (Wildman–Crippen LogP) is 5.76. The van der Waals surface area contributed by atoms with Crippen LogP contribution in [0, 0.1) is 0 Å². The highest BCUT2D eigenvalue weighted by atomic mass is 14.9. The van der Waals surface area contributed by atoms with Crippen molar-refractivity contribution in [3.63, 3.8) is 0 Å². The van der Waals surface area contributed by atoms with Crippen molar-refractivity contribution in [1.29, 1.82) is 0 Å². The van der Waals surface area contributed by atoms with E-state index in [-0.39, 0.29) is 10.8 Å². The number of rotatable bonds is 5. The van der Waals surface area contributed by atoms with E-state index in [0.717, 1.165) is 17.9 Å². The van der Waals surface area contributed by atoms with E-state index in [1.54, 1.807) is 0 Å². The normalized spacial score (nSPS) is 14.0. The number of hydrogen-bond acceptors (Lipinski definition) is 3. The molecule has 136 valence electrons. The van der Waals surface area contributed by atoms with Crippen LogP contribution in [-0.2, 0) is 10.8 Å². The fraction of sp³-hybridized carbons (Fsp3) is 0.591. The summed E-state index contributed by atoms with van der Waals surface area (Å²) in [5.74, 6) is 1.74. The van der Waals surface area contributed by atoms with E-state index >= 15 is 0 Å². The van der Waals surface area contributed by atoms with E-state index in [9.17, 15) is 0 Å². The third-order valence-electron chi connectivity index (χ3n) is 4.72. The SMILES string of the molecule is CC(C)c1cccc(C(C)CC(C)(C)c2ccnc(C(C)(C)C)n2)n1. The fourth-order valence-electron chi connectivity index (χ4n) is 3.14. The maximum atomic E-state index is 4.88. The highest BCUT2D eigenvalue weighted by Gasteiger charge is 2.28. The molecule has 0 fully saturated rings. The van der Waals surface area contributed by atoms with Gasteiger partial charge in [0.2, 0.25) is 0 Å². The van der Waals surface area contributed by atoms with Crippen LogP contribution in [0.5, 0.6) is 0 Å². The molecule has 2 aromatic rings. The Morgan fingerprint density at radius 1 is 0.880 bits per heavy atom. The Hall–Kier alpha value is -1.77. The summed E-state index contributed by atoms with van der Waals surface area (Å²) >= 11 is 0. The third-order valence-corrected chi connectivity index (χ3v) is 4.72. The minimum absolute atomic E-state index is 0.0299. The lowest BCUT2D eigenvalue weighted by Crippen LogP contribution is -2.25. The average molecular weight is 340 g/mol. The van der Waals surface area contributed by atoms with Gasteiger partial charge in [-0.3, -0.25) is 4.98 Å². The van der Waals surface area contributed by atoms with Gasteiger partial charge in [-0.25, -0.2) is 9.97 Å². The summed E-state index contributed by atoms with van der Waals surface area (Å²) in [7, 11) is 0. The molecule has 0 aliphatic carbocycles. The zero-order valence-corrected chi connectivity index (χ0v) is 17.1. The minimum Gasteiger partial charge on any atom is -0.257 e. The number of nitrogens with zero attached hydrogens (tertiary/aromatic N) is 3. The smallest absolute Gasteiger partial charge is 0.133 e. The van der Waals surface area contributed by atoms with Gasteiger partial charge in [0.1, 0.15) is 5.82 Å². The van der Waals surface area contributed by atoms with Crippen molar-refractivity contribution in [3.8, 4) is 0 Å². The molecule has 0 N–H and O–H groups in total. The summed E-state index contributed by atoms with van der Waals surface area (Å²) in [6.45, 7) is 17.6. The van der Waals surface area contributed by atoms with Crippen LogP contribution in [0.2, 0.25) is 0 Å². The van der Waals surface area contributed by atoms with E-state index in [0.29, 0.717) is 11.8 Å². The van der Waals surface area contributed by atoms with Gasteiger partial charge in [-0.2, -0.15) is 0 Å². The van der Waals surface area contributed by atoms with Gasteiger partial charge in [-0.15, -0.1) is 0 Å². The molecule has 25 heavy (non-hydrogen) atoms. The first-order chi connectivity index (χ1) is 11.5. The first kappa shape index (κ1) is 19.6. The van der Waals surface area contributed by atoms with Gasteiger partial charge in [0, 0.05) is 34.1 Å². The van der Waals surface area contributed by atoms with Crippen molar-refractivity contribution in [2.45, 2.75) is 84.5 Å². The van der Waals surface area contributed by atoms with Gasteiger partial charge in [-0.1, -0.05) is 61.5 Å². The summed E-state index contributed by atoms with van der Waals surface area (Å²) in [5.41, 5.74) is 3.38. The Morgan fingerprint density at radius 3 is 2.12 bits per heavy atom. The number of pyridine rings is 1. The van der Waals surface area contributed by atoms with Gasteiger partial charge in [0.15, 0.2) is 0 Å². The largest absolute Gasteiger partial charge is 0.257 e. The van der Waals surface area contributed by atoms with Gasteiger partial charge in [-0.05, 0) is 36.5 Å². The van der Waals surface area contributed by atoms with Crippen molar-refractivity contribution < 1.29 is 0 Å². The molecule has 0 aliphatic heterocycles. The van der Waals surface area contributed by atoms with E-state index in [4.69, 9.17) is 9.97 Å². The Labute approximate surface area is 153 Å². The maximum Gasteiger partial charge on any atom is 0.133 e. The van der Waals surface area contributed by atoms with Crippen LogP contribution in [0.1, 0.15) is 96.6 Å². The highest BCUT2D eigenvalue weighted by Crippen LogP contribution is 2.34. The van der Waals surface area contributed by atoms with Crippen molar-refractivity contribution in [3.05, 3.63) is 53.4 Å². The second kappa shape index (κ2) is 7.23. The molecule has 3 nitrogen and oxygen atoms in total. The van der Waals surface area contributed by atoms with Crippen molar-refractivity contribution in [1.82, 2.24) is 15.0 Å². The molecular formula is C22H33N3. The maximum absolute atomic E-state index is 4.88. The van der Waals surface area contributed by atoms with Gasteiger partial charge >= 0.3 is 0 Å². The molecule has 0 saturated heterocycles. The summed E-state index contributed by atoms with van der Waals surface area (Å²) in [5, 5.41) is 0. The number of aromatic nitrogens is 3. The van der Waals surface area contributed by atoms with Crippen LogP contribution in [0.4, 0.5) is 0 Å². The Kier molecular flexibility index (Phi) is 5.65. The van der Waals surface area contributed by atoms with Crippen LogP contribution in [0.3, 0.4) is 0 Å². The summed E-state index contributed by atoms with van der Waals surface area (Å²) in [6.07, 6.45) is 2.90. The van der Waals surface area contributed by atoms with Crippen molar-refractivity contribution in [2.24, 2.45) is 0 Å². The van der Waals surface area contributed by atoms with Crippen LogP contribution in [0.15, 0.2) is 30.5 Å². The molecule has 0 bridgehead atoms. The van der Waals surface area contributed by atoms with Crippen molar-refractivity contribution in [2.75, 3.05) is 0 Å². The molecule has 1 unspecified atom stereocenters. The zero-order chi connectivity index (χ0) is 18.8. The fourth-order valence-corrected chi connectivity index (χ4v) is 3.14. The van der Waals surface area contributed by atoms with E-state index in [1.165, 1.54) is 11.4 Å². The molecule has 1 atom stereocenters. The molecule has 2 aromatic heterocycles. The lowest BCUT2D eigenvalue weighted by Gasteiger charge is -2.29. The lowest BCUT2D eigenvalue weighted by atomic mass is 9.79. The summed E-state index contributed by atoms with van der Waals surface area (Å²) < 4.78 is 0. The van der Waals surface area contributed by atoms with Crippen LogP contribution in [0.25, 0.3) is 0 Å². The van der Waals surface area contributed by atoms with E-state index < -0.39 is 0 Å². The third kappa shape index (κ3) is 4.87. The highest BCUT2D eigenvalue weighted by molar-refractivity contribution is 5.21. The van der Waals surface area contributed by atoms with Gasteiger partial charge in [0.05, 0.1) is 0 Å². The summed E-state index contributed by atoms with van der Waals surface area (Å²) in [6, 6.07) is 8.45. The monoisotopic (exact) mass is 339 g/mol. The van der Waals surface area contributed by atoms with E-state index in [2.05, 4.69) is 84.6 Å². The second-order valence-electron chi connectivity index (χ2n) is 9.15. The summed E-state index contributed by atoms with van der Waals surface area (Å²) in [4.78, 5) is 14.2. The van der Waals surface area contributed by atoms with E-state index in [1.807, 2.05) is 6.20 Å². The molecule has 0 aliphatic rings. The zero-order valence-electron chi connectivity index (χ0n) is 17.1. The van der Waals surface area contributed by atoms with Gasteiger partial charge < -0.3 is 0 Å². The first-order valence-corrected chi connectivity index (χ1v) is 9.31. The van der Waals surface area contributed by atoms with Crippen LogP contribution in [-0.4, -0.2) is 15.0 Å². The molecular weight excluding hydrogens is 306 g/mol. The molecule has 2 rings (SSSR count). The molecule has 0 amide bonds. The lowest BCUT2D eigenvalue weighted by molar-refractivity contribution is 0.415. The second-order valence-corrected chi connectivity index (χ2v) is 9.15. The molecule has 0 spiro atoms. The molecule has 0 saturated carbocycles. The standard InChI is InChI=1S/C22H33N3/c1-15(2)17-10-9-11-18(24-17)16(3)14-22(7,8)19-12-13-23-20(25-19)21(4,5)6/h9-13,15-16H,14H2,1-8H3. The Bertz CT molecular complexity index is 711. The van der Waals surface area contributed by atoms with Gasteiger partial charge in [0.25, 0.3) is 0 Å².